The number of fused-ring (bicyclic) bond motifs is 1. The lowest BCUT2D eigenvalue weighted by molar-refractivity contribution is 0.339. The molecule has 2 aliphatic rings. The number of hydrogen-bond acceptors (Lipinski definition) is 3. The van der Waals surface area contributed by atoms with Gasteiger partial charge in [-0.3, -0.25) is 0 Å². The van der Waals surface area contributed by atoms with Gasteiger partial charge in [0.05, 0.1) is 5.69 Å². The van der Waals surface area contributed by atoms with Crippen LogP contribution in [-0.2, 0) is 11.5 Å². The number of aromatic nitrogens is 2. The number of hydrogen-bond donors (Lipinski definition) is 0. The summed E-state index contributed by atoms with van der Waals surface area (Å²) >= 11 is 8.14. The molecular formula is C13H17ClN2S. The molecule has 1 aliphatic heterocycles. The molecule has 92 valence electrons. The van der Waals surface area contributed by atoms with Gasteiger partial charge in [-0.05, 0) is 18.8 Å². The first-order chi connectivity index (χ1) is 8.24. The molecule has 0 saturated heterocycles. The quantitative estimate of drug-likeness (QED) is 0.715. The van der Waals surface area contributed by atoms with E-state index in [0.29, 0.717) is 11.1 Å². The van der Waals surface area contributed by atoms with E-state index in [9.17, 15) is 0 Å². The molecule has 1 aromatic heterocycles. The van der Waals surface area contributed by atoms with Gasteiger partial charge < -0.3 is 0 Å². The summed E-state index contributed by atoms with van der Waals surface area (Å²) in [4.78, 5) is 9.28. The molecule has 0 spiro atoms. The normalized spacial score (nSPS) is 28.1. The summed E-state index contributed by atoms with van der Waals surface area (Å²) in [6.45, 7) is 2.34. The van der Waals surface area contributed by atoms with Crippen LogP contribution in [0.4, 0.5) is 0 Å². The summed E-state index contributed by atoms with van der Waals surface area (Å²) in [5.74, 6) is 4.40. The predicted octanol–water partition coefficient (Wildman–Crippen LogP) is 4.17. The van der Waals surface area contributed by atoms with E-state index in [4.69, 9.17) is 16.6 Å². The number of nitrogens with zero attached hydrogens (tertiary/aromatic N) is 2. The molecule has 2 heterocycles. The van der Waals surface area contributed by atoms with Crippen LogP contribution in [0.1, 0.15) is 55.6 Å². The smallest absolute Gasteiger partial charge is 0.137 e. The Bertz CT molecular complexity index is 428. The highest BCUT2D eigenvalue weighted by molar-refractivity contribution is 7.98. The van der Waals surface area contributed by atoms with Crippen LogP contribution in [0.15, 0.2) is 0 Å². The highest BCUT2D eigenvalue weighted by Crippen LogP contribution is 2.37. The van der Waals surface area contributed by atoms with E-state index in [1.54, 1.807) is 0 Å². The maximum Gasteiger partial charge on any atom is 0.137 e. The first kappa shape index (κ1) is 11.8. The van der Waals surface area contributed by atoms with Crippen molar-refractivity contribution in [2.45, 2.75) is 50.0 Å². The van der Waals surface area contributed by atoms with Crippen LogP contribution >= 0.6 is 23.4 Å². The fraction of sp³-hybridized carbons (Fsp3) is 0.692. The minimum absolute atomic E-state index is 0.541. The maximum atomic E-state index is 6.26. The Morgan fingerprint density at radius 2 is 1.88 bits per heavy atom. The molecule has 0 atom stereocenters. The molecule has 0 unspecified atom stereocenters. The van der Waals surface area contributed by atoms with Crippen LogP contribution < -0.4 is 0 Å². The van der Waals surface area contributed by atoms with Crippen LogP contribution in [0.5, 0.6) is 0 Å². The van der Waals surface area contributed by atoms with Gasteiger partial charge in [-0.25, -0.2) is 9.97 Å². The Labute approximate surface area is 112 Å². The van der Waals surface area contributed by atoms with Gasteiger partial charge in [0.1, 0.15) is 11.0 Å². The fourth-order valence-electron chi connectivity index (χ4n) is 2.73. The molecule has 0 N–H and O–H groups in total. The predicted molar refractivity (Wildman–Crippen MR) is 72.4 cm³/mol. The molecule has 2 nitrogen and oxygen atoms in total. The Balaban J connectivity index is 1.86. The zero-order chi connectivity index (χ0) is 11.8. The van der Waals surface area contributed by atoms with E-state index in [1.165, 1.54) is 36.9 Å². The number of thioether (sulfide) groups is 1. The molecule has 0 amide bonds. The van der Waals surface area contributed by atoms with Crippen molar-refractivity contribution in [2.24, 2.45) is 5.92 Å². The SMILES string of the molecule is CC1CCC(c2nc(Cl)c3c(n2)CSC3)CC1. The average Bonchev–Trinajstić information content (AvgIpc) is 2.78. The monoisotopic (exact) mass is 268 g/mol. The van der Waals surface area contributed by atoms with Crippen molar-refractivity contribution >= 4 is 23.4 Å². The Morgan fingerprint density at radius 1 is 1.12 bits per heavy atom. The summed E-state index contributed by atoms with van der Waals surface area (Å²) in [7, 11) is 0. The fourth-order valence-corrected chi connectivity index (χ4v) is 4.11. The van der Waals surface area contributed by atoms with E-state index in [2.05, 4.69) is 11.9 Å². The van der Waals surface area contributed by atoms with E-state index in [1.807, 2.05) is 11.8 Å². The number of halogens is 1. The second-order valence-electron chi connectivity index (χ2n) is 5.25. The van der Waals surface area contributed by atoms with Crippen LogP contribution in [0.25, 0.3) is 0 Å². The highest BCUT2D eigenvalue weighted by Gasteiger charge is 2.25. The highest BCUT2D eigenvalue weighted by atomic mass is 35.5. The van der Waals surface area contributed by atoms with Gasteiger partial charge in [0, 0.05) is 23.0 Å². The summed E-state index contributed by atoms with van der Waals surface area (Å²) in [6, 6.07) is 0. The standard InChI is InChI=1S/C13H17ClN2S/c1-8-2-4-9(5-3-8)13-15-11-7-17-6-10(11)12(14)16-13/h8-9H,2-7H2,1H3. The first-order valence-electron chi connectivity index (χ1n) is 6.37. The molecule has 1 fully saturated rings. The van der Waals surface area contributed by atoms with Crippen molar-refractivity contribution in [2.75, 3.05) is 0 Å². The summed E-state index contributed by atoms with van der Waals surface area (Å²) in [5.41, 5.74) is 2.35. The van der Waals surface area contributed by atoms with Crippen molar-refractivity contribution in [3.05, 3.63) is 22.2 Å². The van der Waals surface area contributed by atoms with E-state index < -0.39 is 0 Å². The van der Waals surface area contributed by atoms with Crippen LogP contribution in [-0.4, -0.2) is 9.97 Å². The Hall–Kier alpha value is -0.280. The second kappa shape index (κ2) is 4.77. The molecule has 4 heteroatoms. The Morgan fingerprint density at radius 3 is 2.65 bits per heavy atom. The van der Waals surface area contributed by atoms with Gasteiger partial charge in [-0.15, -0.1) is 0 Å². The van der Waals surface area contributed by atoms with E-state index in [-0.39, 0.29) is 0 Å². The van der Waals surface area contributed by atoms with Crippen molar-refractivity contribution < 1.29 is 0 Å². The van der Waals surface area contributed by atoms with Crippen LogP contribution in [0, 0.1) is 5.92 Å². The van der Waals surface area contributed by atoms with E-state index in [0.717, 1.165) is 23.2 Å². The molecule has 17 heavy (non-hydrogen) atoms. The molecule has 0 radical (unpaired) electrons. The van der Waals surface area contributed by atoms with Crippen molar-refractivity contribution in [1.82, 2.24) is 9.97 Å². The third kappa shape index (κ3) is 2.32. The van der Waals surface area contributed by atoms with Crippen molar-refractivity contribution in [3.8, 4) is 0 Å². The minimum atomic E-state index is 0.541. The minimum Gasteiger partial charge on any atom is -0.236 e. The topological polar surface area (TPSA) is 25.8 Å². The van der Waals surface area contributed by atoms with Gasteiger partial charge in [0.25, 0.3) is 0 Å². The average molecular weight is 269 g/mol. The maximum absolute atomic E-state index is 6.26. The molecule has 1 aromatic rings. The third-order valence-electron chi connectivity index (χ3n) is 3.93. The molecule has 0 aromatic carbocycles. The zero-order valence-electron chi connectivity index (χ0n) is 10.1. The van der Waals surface area contributed by atoms with Gasteiger partial charge in [-0.1, -0.05) is 31.4 Å². The van der Waals surface area contributed by atoms with Gasteiger partial charge in [0.15, 0.2) is 0 Å². The van der Waals surface area contributed by atoms with Gasteiger partial charge in [0.2, 0.25) is 0 Å². The first-order valence-corrected chi connectivity index (χ1v) is 7.90. The summed E-state index contributed by atoms with van der Waals surface area (Å²) in [6.07, 6.45) is 5.06. The lowest BCUT2D eigenvalue weighted by atomic mass is 9.82. The van der Waals surface area contributed by atoms with Crippen molar-refractivity contribution in [3.63, 3.8) is 0 Å². The number of rotatable bonds is 1. The third-order valence-corrected chi connectivity index (χ3v) is 5.21. The molecule has 0 bridgehead atoms. The van der Waals surface area contributed by atoms with Crippen LogP contribution in [0.2, 0.25) is 5.15 Å². The lowest BCUT2D eigenvalue weighted by Gasteiger charge is -2.25. The lowest BCUT2D eigenvalue weighted by Crippen LogP contribution is -2.14. The Kier molecular flexibility index (Phi) is 3.31. The van der Waals surface area contributed by atoms with Crippen LogP contribution in [0.3, 0.4) is 0 Å². The summed E-state index contributed by atoms with van der Waals surface area (Å²) < 4.78 is 0. The molecule has 1 saturated carbocycles. The van der Waals surface area contributed by atoms with Gasteiger partial charge in [-0.2, -0.15) is 11.8 Å². The van der Waals surface area contributed by atoms with Gasteiger partial charge >= 0.3 is 0 Å². The largest absolute Gasteiger partial charge is 0.236 e. The zero-order valence-corrected chi connectivity index (χ0v) is 11.7. The molecule has 1 aliphatic carbocycles. The molecule has 3 rings (SSSR count). The summed E-state index contributed by atoms with van der Waals surface area (Å²) in [5, 5.41) is 0.702. The van der Waals surface area contributed by atoms with Crippen molar-refractivity contribution in [1.29, 1.82) is 0 Å². The van der Waals surface area contributed by atoms with E-state index >= 15 is 0 Å². The molecular weight excluding hydrogens is 252 g/mol. The second-order valence-corrected chi connectivity index (χ2v) is 6.59.